The number of esters is 1. The van der Waals surface area contributed by atoms with E-state index in [1.807, 2.05) is 42.5 Å². The average Bonchev–Trinajstić information content (AvgIpc) is 2.60. The zero-order valence-electron chi connectivity index (χ0n) is 15.4. The lowest BCUT2D eigenvalue weighted by Gasteiger charge is -2.22. The van der Waals surface area contributed by atoms with Gasteiger partial charge in [0.2, 0.25) is 0 Å². The number of ether oxygens (including phenoxy) is 1. The number of carbonyl (C=O) groups is 2. The highest BCUT2D eigenvalue weighted by Crippen LogP contribution is 2.22. The van der Waals surface area contributed by atoms with Crippen molar-refractivity contribution in [2.24, 2.45) is 0 Å². The molecule has 0 saturated heterocycles. The van der Waals surface area contributed by atoms with E-state index in [2.05, 4.69) is 20.8 Å². The van der Waals surface area contributed by atoms with E-state index in [0.29, 0.717) is 5.56 Å². The van der Waals surface area contributed by atoms with E-state index >= 15 is 0 Å². The number of amides is 1. The fraction of sp³-hybridized carbons (Fsp3) is 0.333. The topological polar surface area (TPSA) is 46.6 Å². The lowest BCUT2D eigenvalue weighted by Crippen LogP contribution is -2.37. The molecule has 0 fully saturated rings. The maximum absolute atomic E-state index is 12.4. The van der Waals surface area contributed by atoms with Crippen LogP contribution in [0.5, 0.6) is 0 Å². The van der Waals surface area contributed by atoms with Crippen molar-refractivity contribution >= 4 is 17.6 Å². The quantitative estimate of drug-likeness (QED) is 0.785. The van der Waals surface area contributed by atoms with Gasteiger partial charge in [-0.2, -0.15) is 0 Å². The van der Waals surface area contributed by atoms with E-state index in [9.17, 15) is 9.59 Å². The lowest BCUT2D eigenvalue weighted by atomic mass is 9.87. The van der Waals surface area contributed by atoms with Crippen LogP contribution in [0, 0.1) is 0 Å². The molecule has 0 bridgehead atoms. The van der Waals surface area contributed by atoms with Crippen LogP contribution in [0.25, 0.3) is 0 Å². The standard InChI is InChI=1S/C21H25NO3/c1-15(19(23)22(5)18-9-7-6-8-10-18)25-20(24)16-11-13-17(14-12-16)21(2,3)4/h6-15H,1-5H3/t15-/m0/s1. The van der Waals surface area contributed by atoms with E-state index in [0.717, 1.165) is 11.3 Å². The summed E-state index contributed by atoms with van der Waals surface area (Å²) in [4.78, 5) is 26.2. The molecular weight excluding hydrogens is 314 g/mol. The smallest absolute Gasteiger partial charge is 0.338 e. The molecule has 132 valence electrons. The number of para-hydroxylation sites is 1. The third-order valence-corrected chi connectivity index (χ3v) is 4.09. The summed E-state index contributed by atoms with van der Waals surface area (Å²) >= 11 is 0. The molecule has 25 heavy (non-hydrogen) atoms. The SMILES string of the molecule is C[C@H](OC(=O)c1ccc(C(C)(C)C)cc1)C(=O)N(C)c1ccccc1. The van der Waals surface area contributed by atoms with Crippen molar-refractivity contribution < 1.29 is 14.3 Å². The van der Waals surface area contributed by atoms with Crippen molar-refractivity contribution in [3.05, 3.63) is 65.7 Å². The molecule has 0 saturated carbocycles. The van der Waals surface area contributed by atoms with E-state index in [1.54, 1.807) is 26.1 Å². The summed E-state index contributed by atoms with van der Waals surface area (Å²) in [5.41, 5.74) is 2.35. The molecule has 0 spiro atoms. The second kappa shape index (κ2) is 7.51. The van der Waals surface area contributed by atoms with Crippen LogP contribution >= 0.6 is 0 Å². The highest BCUT2D eigenvalue weighted by molar-refractivity contribution is 5.98. The normalized spacial score (nSPS) is 12.4. The maximum Gasteiger partial charge on any atom is 0.338 e. The number of hydrogen-bond acceptors (Lipinski definition) is 3. The summed E-state index contributed by atoms with van der Waals surface area (Å²) in [5.74, 6) is -0.770. The molecule has 4 heteroatoms. The Morgan fingerprint density at radius 1 is 0.960 bits per heavy atom. The van der Waals surface area contributed by atoms with Crippen LogP contribution in [0.4, 0.5) is 5.69 Å². The first-order valence-electron chi connectivity index (χ1n) is 8.34. The van der Waals surface area contributed by atoms with Gasteiger partial charge in [-0.15, -0.1) is 0 Å². The van der Waals surface area contributed by atoms with Gasteiger partial charge in [0.25, 0.3) is 5.91 Å². The van der Waals surface area contributed by atoms with Gasteiger partial charge in [-0.25, -0.2) is 4.79 Å². The Hall–Kier alpha value is -2.62. The second-order valence-corrected chi connectivity index (χ2v) is 7.11. The first-order valence-corrected chi connectivity index (χ1v) is 8.34. The molecule has 0 aliphatic heterocycles. The number of hydrogen-bond donors (Lipinski definition) is 0. The monoisotopic (exact) mass is 339 g/mol. The molecule has 0 heterocycles. The van der Waals surface area contributed by atoms with Crippen molar-refractivity contribution in [2.75, 3.05) is 11.9 Å². The van der Waals surface area contributed by atoms with Crippen molar-refractivity contribution in [3.8, 4) is 0 Å². The molecule has 0 aliphatic carbocycles. The minimum Gasteiger partial charge on any atom is -0.449 e. The lowest BCUT2D eigenvalue weighted by molar-refractivity contribution is -0.126. The average molecular weight is 339 g/mol. The van der Waals surface area contributed by atoms with Gasteiger partial charge in [0.1, 0.15) is 0 Å². The van der Waals surface area contributed by atoms with Crippen molar-refractivity contribution in [2.45, 2.75) is 39.2 Å². The van der Waals surface area contributed by atoms with E-state index in [1.165, 1.54) is 4.90 Å². The largest absolute Gasteiger partial charge is 0.449 e. The summed E-state index contributed by atoms with van der Waals surface area (Å²) in [6, 6.07) is 16.6. The van der Waals surface area contributed by atoms with Crippen molar-refractivity contribution in [1.29, 1.82) is 0 Å². The Kier molecular flexibility index (Phi) is 5.62. The number of anilines is 1. The number of likely N-dealkylation sites (N-methyl/N-ethyl adjacent to an activating group) is 1. The third-order valence-electron chi connectivity index (χ3n) is 4.09. The molecule has 0 aliphatic rings. The zero-order valence-corrected chi connectivity index (χ0v) is 15.4. The Morgan fingerprint density at radius 2 is 1.52 bits per heavy atom. The maximum atomic E-state index is 12.4. The summed E-state index contributed by atoms with van der Waals surface area (Å²) < 4.78 is 5.34. The van der Waals surface area contributed by atoms with Crippen molar-refractivity contribution in [3.63, 3.8) is 0 Å². The Balaban J connectivity index is 2.03. The highest BCUT2D eigenvalue weighted by atomic mass is 16.5. The van der Waals surface area contributed by atoms with Gasteiger partial charge in [-0.1, -0.05) is 51.1 Å². The number of rotatable bonds is 4. The Labute approximate surface area is 149 Å². The van der Waals surface area contributed by atoms with Gasteiger partial charge in [-0.3, -0.25) is 4.79 Å². The molecule has 0 radical (unpaired) electrons. The van der Waals surface area contributed by atoms with Crippen LogP contribution in [0.15, 0.2) is 54.6 Å². The number of benzene rings is 2. The van der Waals surface area contributed by atoms with Gasteiger partial charge in [0.15, 0.2) is 6.10 Å². The molecule has 1 amide bonds. The van der Waals surface area contributed by atoms with E-state index in [-0.39, 0.29) is 11.3 Å². The van der Waals surface area contributed by atoms with Crippen molar-refractivity contribution in [1.82, 2.24) is 0 Å². The van der Waals surface area contributed by atoms with Gasteiger partial charge in [-0.05, 0) is 42.2 Å². The molecule has 4 nitrogen and oxygen atoms in total. The van der Waals surface area contributed by atoms with Crippen LogP contribution in [-0.2, 0) is 14.9 Å². The summed E-state index contributed by atoms with van der Waals surface area (Å²) in [5, 5.41) is 0. The predicted octanol–water partition coefficient (Wildman–Crippen LogP) is 4.19. The van der Waals surface area contributed by atoms with Crippen LogP contribution in [0.1, 0.15) is 43.6 Å². The first-order chi connectivity index (χ1) is 11.7. The Morgan fingerprint density at radius 3 is 2.04 bits per heavy atom. The molecule has 1 atom stereocenters. The number of carbonyl (C=O) groups excluding carboxylic acids is 2. The van der Waals surface area contributed by atoms with E-state index < -0.39 is 12.1 Å². The minimum absolute atomic E-state index is 0.0179. The molecule has 2 rings (SSSR count). The first kappa shape index (κ1) is 18.7. The second-order valence-electron chi connectivity index (χ2n) is 7.11. The fourth-order valence-corrected chi connectivity index (χ4v) is 2.44. The molecule has 2 aromatic carbocycles. The third kappa shape index (κ3) is 4.69. The Bertz CT molecular complexity index is 730. The molecule has 0 unspecified atom stereocenters. The molecule has 2 aromatic rings. The van der Waals surface area contributed by atoms with Crippen LogP contribution in [-0.4, -0.2) is 25.0 Å². The fourth-order valence-electron chi connectivity index (χ4n) is 2.44. The van der Waals surface area contributed by atoms with Gasteiger partial charge < -0.3 is 9.64 Å². The summed E-state index contributed by atoms with van der Waals surface area (Å²) in [6.07, 6.45) is -0.861. The zero-order chi connectivity index (χ0) is 18.6. The minimum atomic E-state index is -0.861. The van der Waals surface area contributed by atoms with Gasteiger partial charge >= 0.3 is 5.97 Å². The number of nitrogens with zero attached hydrogens (tertiary/aromatic N) is 1. The molecule has 0 N–H and O–H groups in total. The molecule has 0 aromatic heterocycles. The van der Waals surface area contributed by atoms with Crippen LogP contribution in [0.2, 0.25) is 0 Å². The van der Waals surface area contributed by atoms with Crippen LogP contribution < -0.4 is 4.90 Å². The summed E-state index contributed by atoms with van der Waals surface area (Å²) in [6.45, 7) is 7.92. The van der Waals surface area contributed by atoms with Gasteiger partial charge in [0.05, 0.1) is 5.56 Å². The van der Waals surface area contributed by atoms with Crippen LogP contribution in [0.3, 0.4) is 0 Å². The predicted molar refractivity (Wildman–Crippen MR) is 99.9 cm³/mol. The summed E-state index contributed by atoms with van der Waals surface area (Å²) in [7, 11) is 1.67. The highest BCUT2D eigenvalue weighted by Gasteiger charge is 2.23. The van der Waals surface area contributed by atoms with Gasteiger partial charge in [0, 0.05) is 12.7 Å². The molecular formula is C21H25NO3. The van der Waals surface area contributed by atoms with E-state index in [4.69, 9.17) is 4.74 Å².